The summed E-state index contributed by atoms with van der Waals surface area (Å²) in [6.07, 6.45) is 1.76. The van der Waals surface area contributed by atoms with Gasteiger partial charge in [0.2, 0.25) is 5.91 Å². The average Bonchev–Trinajstić information content (AvgIpc) is 2.78. The average molecular weight is 290 g/mol. The molecule has 0 bridgehead atoms. The van der Waals surface area contributed by atoms with E-state index in [0.29, 0.717) is 39.0 Å². The van der Waals surface area contributed by atoms with Crippen molar-refractivity contribution in [1.82, 2.24) is 4.90 Å². The fourth-order valence-corrected chi connectivity index (χ4v) is 4.66. The van der Waals surface area contributed by atoms with Crippen molar-refractivity contribution < 1.29 is 17.9 Å². The highest BCUT2D eigenvalue weighted by Gasteiger charge is 2.43. The van der Waals surface area contributed by atoms with E-state index in [9.17, 15) is 13.2 Å². The van der Waals surface area contributed by atoms with E-state index >= 15 is 0 Å². The highest BCUT2D eigenvalue weighted by molar-refractivity contribution is 7.91. The van der Waals surface area contributed by atoms with Gasteiger partial charge in [-0.3, -0.25) is 4.79 Å². The van der Waals surface area contributed by atoms with Crippen LogP contribution in [-0.4, -0.2) is 63.6 Å². The summed E-state index contributed by atoms with van der Waals surface area (Å²) in [6, 6.07) is -0.205. The lowest BCUT2D eigenvalue weighted by atomic mass is 9.78. The van der Waals surface area contributed by atoms with E-state index in [0.717, 1.165) is 0 Å². The minimum Gasteiger partial charge on any atom is -0.381 e. The number of hydrogen-bond acceptors (Lipinski definition) is 5. The molecule has 2 rings (SSSR count). The van der Waals surface area contributed by atoms with Crippen LogP contribution in [0.3, 0.4) is 0 Å². The number of amides is 1. The number of ether oxygens (including phenoxy) is 1. The lowest BCUT2D eigenvalue weighted by Gasteiger charge is -2.39. The van der Waals surface area contributed by atoms with Crippen molar-refractivity contribution >= 4 is 15.7 Å². The second-order valence-electron chi connectivity index (χ2n) is 5.57. The van der Waals surface area contributed by atoms with Gasteiger partial charge in [-0.25, -0.2) is 8.42 Å². The molecule has 6 nitrogen and oxygen atoms in total. The molecule has 0 saturated carbocycles. The van der Waals surface area contributed by atoms with Gasteiger partial charge >= 0.3 is 0 Å². The molecular formula is C12H22N2O4S. The molecule has 0 radical (unpaired) electrons. The van der Waals surface area contributed by atoms with Crippen LogP contribution in [0.2, 0.25) is 0 Å². The third kappa shape index (κ3) is 2.93. The number of sulfone groups is 1. The molecule has 110 valence electrons. The molecule has 2 aliphatic heterocycles. The largest absolute Gasteiger partial charge is 0.381 e. The monoisotopic (exact) mass is 290 g/mol. The number of nitrogens with two attached hydrogens (primary N) is 1. The number of nitrogens with zero attached hydrogens (tertiary/aromatic N) is 1. The van der Waals surface area contributed by atoms with Crippen LogP contribution in [-0.2, 0) is 19.4 Å². The molecule has 0 aromatic heterocycles. The van der Waals surface area contributed by atoms with E-state index in [4.69, 9.17) is 10.5 Å². The highest BCUT2D eigenvalue weighted by atomic mass is 32.2. The van der Waals surface area contributed by atoms with Crippen LogP contribution >= 0.6 is 0 Å². The Bertz CT molecular complexity index is 443. The zero-order valence-electron chi connectivity index (χ0n) is 11.3. The van der Waals surface area contributed by atoms with Gasteiger partial charge < -0.3 is 15.4 Å². The topological polar surface area (TPSA) is 89.7 Å². The molecule has 1 atom stereocenters. The van der Waals surface area contributed by atoms with Gasteiger partial charge in [-0.2, -0.15) is 0 Å². The van der Waals surface area contributed by atoms with Crippen LogP contribution in [0.5, 0.6) is 0 Å². The highest BCUT2D eigenvalue weighted by Crippen LogP contribution is 2.33. The van der Waals surface area contributed by atoms with E-state index in [1.165, 1.54) is 0 Å². The van der Waals surface area contributed by atoms with Gasteiger partial charge in [0, 0.05) is 32.8 Å². The summed E-state index contributed by atoms with van der Waals surface area (Å²) in [7, 11) is -1.29. The van der Waals surface area contributed by atoms with Crippen molar-refractivity contribution in [2.75, 3.05) is 38.3 Å². The fraction of sp³-hybridized carbons (Fsp3) is 0.917. The summed E-state index contributed by atoms with van der Waals surface area (Å²) in [5.74, 6) is 0.223. The molecule has 7 heteroatoms. The first kappa shape index (κ1) is 14.7. The quantitative estimate of drug-likeness (QED) is 0.749. The smallest absolute Gasteiger partial charge is 0.230 e. The van der Waals surface area contributed by atoms with Crippen LogP contribution in [0.4, 0.5) is 0 Å². The SMILES string of the molecule is CN(C(=O)C1(CN)CCOCC1)C1CCS(=O)(=O)C1. The Labute approximate surface area is 114 Å². The third-order valence-electron chi connectivity index (χ3n) is 4.37. The minimum absolute atomic E-state index is 0.0274. The van der Waals surface area contributed by atoms with Crippen molar-refractivity contribution in [3.05, 3.63) is 0 Å². The molecule has 0 spiro atoms. The number of hydrogen-bond donors (Lipinski definition) is 1. The summed E-state index contributed by atoms with van der Waals surface area (Å²) in [4.78, 5) is 14.2. The number of carbonyl (C=O) groups is 1. The van der Waals surface area contributed by atoms with Crippen LogP contribution in [0.15, 0.2) is 0 Å². The lowest BCUT2D eigenvalue weighted by molar-refractivity contribution is -0.147. The Morgan fingerprint density at radius 1 is 1.42 bits per heavy atom. The Morgan fingerprint density at radius 2 is 2.05 bits per heavy atom. The lowest BCUT2D eigenvalue weighted by Crippen LogP contribution is -2.52. The first-order chi connectivity index (χ1) is 8.90. The Balaban J connectivity index is 2.09. The Hall–Kier alpha value is -0.660. The summed E-state index contributed by atoms with van der Waals surface area (Å²) in [5.41, 5.74) is 5.24. The van der Waals surface area contributed by atoms with Crippen molar-refractivity contribution in [3.63, 3.8) is 0 Å². The molecule has 1 unspecified atom stereocenters. The molecule has 2 N–H and O–H groups in total. The van der Waals surface area contributed by atoms with Gasteiger partial charge in [0.1, 0.15) is 0 Å². The van der Waals surface area contributed by atoms with Gasteiger partial charge in [0.05, 0.1) is 16.9 Å². The molecule has 1 amide bonds. The van der Waals surface area contributed by atoms with Crippen molar-refractivity contribution in [1.29, 1.82) is 0 Å². The van der Waals surface area contributed by atoms with E-state index in [2.05, 4.69) is 0 Å². The van der Waals surface area contributed by atoms with E-state index in [-0.39, 0.29) is 23.5 Å². The first-order valence-corrected chi connectivity index (χ1v) is 8.48. The van der Waals surface area contributed by atoms with Crippen LogP contribution in [0.1, 0.15) is 19.3 Å². The Kier molecular flexibility index (Phi) is 4.17. The molecule has 19 heavy (non-hydrogen) atoms. The summed E-state index contributed by atoms with van der Waals surface area (Å²) in [5, 5.41) is 0. The van der Waals surface area contributed by atoms with Crippen molar-refractivity contribution in [2.24, 2.45) is 11.1 Å². The molecule has 2 heterocycles. The molecule has 2 saturated heterocycles. The second-order valence-corrected chi connectivity index (χ2v) is 7.80. The third-order valence-corrected chi connectivity index (χ3v) is 6.12. The summed E-state index contributed by atoms with van der Waals surface area (Å²) >= 11 is 0. The standard InChI is InChI=1S/C12H22N2O4S/c1-14(10-2-7-19(16,17)8-10)11(15)12(9-13)3-5-18-6-4-12/h10H,2-9,13H2,1H3. The summed E-state index contributed by atoms with van der Waals surface area (Å²) in [6.45, 7) is 1.37. The van der Waals surface area contributed by atoms with Crippen LogP contribution < -0.4 is 5.73 Å². The minimum atomic E-state index is -2.98. The maximum absolute atomic E-state index is 12.6. The van der Waals surface area contributed by atoms with Gasteiger partial charge in [0.25, 0.3) is 0 Å². The maximum Gasteiger partial charge on any atom is 0.230 e. The normalized spacial score (nSPS) is 29.1. The predicted octanol–water partition coefficient (Wildman–Crippen LogP) is -0.613. The van der Waals surface area contributed by atoms with Crippen LogP contribution in [0.25, 0.3) is 0 Å². The van der Waals surface area contributed by atoms with Gasteiger partial charge in [-0.15, -0.1) is 0 Å². The van der Waals surface area contributed by atoms with E-state index in [1.54, 1.807) is 11.9 Å². The maximum atomic E-state index is 12.6. The van der Waals surface area contributed by atoms with Gasteiger partial charge in [0.15, 0.2) is 9.84 Å². The summed E-state index contributed by atoms with van der Waals surface area (Å²) < 4.78 is 28.3. The molecule has 2 aliphatic rings. The van der Waals surface area contributed by atoms with Gasteiger partial charge in [-0.05, 0) is 19.3 Å². The predicted molar refractivity (Wildman–Crippen MR) is 71.4 cm³/mol. The zero-order valence-corrected chi connectivity index (χ0v) is 12.1. The van der Waals surface area contributed by atoms with E-state index in [1.807, 2.05) is 0 Å². The van der Waals surface area contributed by atoms with Crippen LogP contribution in [0, 0.1) is 5.41 Å². The first-order valence-electron chi connectivity index (χ1n) is 6.66. The van der Waals surface area contributed by atoms with Crippen molar-refractivity contribution in [2.45, 2.75) is 25.3 Å². The van der Waals surface area contributed by atoms with E-state index < -0.39 is 15.3 Å². The zero-order chi connectivity index (χ0) is 14.1. The second kappa shape index (κ2) is 5.38. The molecular weight excluding hydrogens is 268 g/mol. The number of rotatable bonds is 3. The fourth-order valence-electron chi connectivity index (χ4n) is 2.89. The molecule has 0 aliphatic carbocycles. The molecule has 0 aromatic rings. The number of carbonyl (C=O) groups excluding carboxylic acids is 1. The molecule has 0 aromatic carbocycles. The Morgan fingerprint density at radius 3 is 2.53 bits per heavy atom. The van der Waals surface area contributed by atoms with Gasteiger partial charge in [-0.1, -0.05) is 0 Å². The van der Waals surface area contributed by atoms with Crippen molar-refractivity contribution in [3.8, 4) is 0 Å². The molecule has 2 fully saturated rings.